The van der Waals surface area contributed by atoms with Crippen molar-refractivity contribution in [3.8, 4) is 0 Å². The SMILES string of the molecule is CNC(=O)c1ccc([NH+](C)[O-])cc1C. The molecule has 2 N–H and O–H groups in total. The third-order valence-corrected chi connectivity index (χ3v) is 2.10. The van der Waals surface area contributed by atoms with Crippen molar-refractivity contribution in [2.75, 3.05) is 14.1 Å². The Hall–Kier alpha value is -1.39. The van der Waals surface area contributed by atoms with Crippen molar-refractivity contribution in [3.05, 3.63) is 34.5 Å². The summed E-state index contributed by atoms with van der Waals surface area (Å²) in [5.41, 5.74) is 2.06. The van der Waals surface area contributed by atoms with Gasteiger partial charge in [-0.15, -0.1) is 0 Å². The van der Waals surface area contributed by atoms with Gasteiger partial charge >= 0.3 is 0 Å². The molecule has 0 aliphatic carbocycles. The summed E-state index contributed by atoms with van der Waals surface area (Å²) in [6.07, 6.45) is 0. The van der Waals surface area contributed by atoms with E-state index in [2.05, 4.69) is 5.32 Å². The lowest BCUT2D eigenvalue weighted by atomic mass is 10.1. The second kappa shape index (κ2) is 4.21. The molecule has 0 aromatic heterocycles. The molecule has 0 saturated carbocycles. The largest absolute Gasteiger partial charge is 0.629 e. The molecule has 14 heavy (non-hydrogen) atoms. The van der Waals surface area contributed by atoms with Crippen LogP contribution in [-0.2, 0) is 0 Å². The maximum atomic E-state index is 11.3. The summed E-state index contributed by atoms with van der Waals surface area (Å²) in [4.78, 5) is 11.3. The Morgan fingerprint density at radius 2 is 2.14 bits per heavy atom. The van der Waals surface area contributed by atoms with Gasteiger partial charge in [0.1, 0.15) is 5.69 Å². The zero-order chi connectivity index (χ0) is 10.7. The number of hydrogen-bond donors (Lipinski definition) is 2. The van der Waals surface area contributed by atoms with E-state index < -0.39 is 0 Å². The molecule has 1 amide bonds. The molecule has 1 aromatic rings. The van der Waals surface area contributed by atoms with E-state index in [1.54, 1.807) is 25.2 Å². The first-order valence-electron chi connectivity index (χ1n) is 4.40. The minimum absolute atomic E-state index is 0.0107. The summed E-state index contributed by atoms with van der Waals surface area (Å²) >= 11 is 0. The molecule has 76 valence electrons. The number of hydroxylamine groups is 1. The van der Waals surface area contributed by atoms with Crippen molar-refractivity contribution < 1.29 is 9.86 Å². The van der Waals surface area contributed by atoms with Gasteiger partial charge < -0.3 is 15.6 Å². The van der Waals surface area contributed by atoms with Gasteiger partial charge in [-0.2, -0.15) is 0 Å². The number of quaternary nitrogens is 1. The smallest absolute Gasteiger partial charge is 0.251 e. The van der Waals surface area contributed by atoms with E-state index in [-0.39, 0.29) is 11.0 Å². The van der Waals surface area contributed by atoms with Gasteiger partial charge in [-0.1, -0.05) is 0 Å². The summed E-state index contributed by atoms with van der Waals surface area (Å²) < 4.78 is 0. The second-order valence-corrected chi connectivity index (χ2v) is 3.17. The number of nitrogens with one attached hydrogen (secondary N) is 2. The molecule has 1 rings (SSSR count). The zero-order valence-electron chi connectivity index (χ0n) is 8.55. The molecule has 0 aliphatic heterocycles. The number of rotatable bonds is 2. The van der Waals surface area contributed by atoms with Crippen molar-refractivity contribution in [3.63, 3.8) is 0 Å². The fourth-order valence-corrected chi connectivity index (χ4v) is 1.27. The number of amides is 1. The third-order valence-electron chi connectivity index (χ3n) is 2.10. The van der Waals surface area contributed by atoms with Gasteiger partial charge in [0.25, 0.3) is 5.91 Å². The van der Waals surface area contributed by atoms with Gasteiger partial charge in [0.15, 0.2) is 0 Å². The van der Waals surface area contributed by atoms with E-state index in [1.807, 2.05) is 6.92 Å². The zero-order valence-corrected chi connectivity index (χ0v) is 8.55. The highest BCUT2D eigenvalue weighted by molar-refractivity contribution is 5.95. The Bertz CT molecular complexity index is 348. The number of hydrogen-bond acceptors (Lipinski definition) is 2. The molecule has 4 heteroatoms. The van der Waals surface area contributed by atoms with E-state index in [0.717, 1.165) is 5.56 Å². The molecule has 0 heterocycles. The summed E-state index contributed by atoms with van der Waals surface area (Å²) in [7, 11) is 3.09. The van der Waals surface area contributed by atoms with Crippen LogP contribution in [0, 0.1) is 12.1 Å². The van der Waals surface area contributed by atoms with Gasteiger partial charge in [0, 0.05) is 24.7 Å². The molecule has 1 aromatic carbocycles. The van der Waals surface area contributed by atoms with E-state index in [1.165, 1.54) is 7.05 Å². The highest BCUT2D eigenvalue weighted by Crippen LogP contribution is 2.11. The first-order chi connectivity index (χ1) is 6.56. The average Bonchev–Trinajstić information content (AvgIpc) is 2.16. The van der Waals surface area contributed by atoms with Gasteiger partial charge in [0.2, 0.25) is 0 Å². The topological polar surface area (TPSA) is 56.6 Å². The molecular formula is C10H14N2O2. The summed E-state index contributed by atoms with van der Waals surface area (Å²) in [6.45, 7) is 1.82. The standard InChI is InChI=1S/C10H14N2O2/c1-7-6-8(12(3)14)4-5-9(7)10(13)11-2/h4-6,12H,1-3H3,(H,11,13). The lowest BCUT2D eigenvalue weighted by Crippen LogP contribution is -2.98. The number of carbonyl (C=O) groups is 1. The fourth-order valence-electron chi connectivity index (χ4n) is 1.27. The van der Waals surface area contributed by atoms with Crippen molar-refractivity contribution in [1.29, 1.82) is 0 Å². The lowest BCUT2D eigenvalue weighted by Gasteiger charge is -2.16. The Labute approximate surface area is 83.1 Å². The first kappa shape index (κ1) is 10.7. The van der Waals surface area contributed by atoms with Crippen LogP contribution in [0.5, 0.6) is 0 Å². The van der Waals surface area contributed by atoms with Crippen LogP contribution in [0.15, 0.2) is 18.2 Å². The molecule has 0 radical (unpaired) electrons. The van der Waals surface area contributed by atoms with Crippen molar-refractivity contribution in [2.45, 2.75) is 6.92 Å². The Morgan fingerprint density at radius 3 is 2.57 bits per heavy atom. The fraction of sp³-hybridized carbons (Fsp3) is 0.300. The molecule has 1 unspecified atom stereocenters. The predicted molar refractivity (Wildman–Crippen MR) is 54.5 cm³/mol. The Morgan fingerprint density at radius 1 is 1.50 bits per heavy atom. The van der Waals surface area contributed by atoms with Gasteiger partial charge in [-0.3, -0.25) is 4.79 Å². The molecule has 0 aliphatic rings. The van der Waals surface area contributed by atoms with E-state index in [9.17, 15) is 10.0 Å². The van der Waals surface area contributed by atoms with Crippen LogP contribution in [0.25, 0.3) is 0 Å². The minimum atomic E-state index is -0.127. The summed E-state index contributed by atoms with van der Waals surface area (Å²) in [5, 5.41) is 13.6. The van der Waals surface area contributed by atoms with Crippen LogP contribution in [-0.4, -0.2) is 20.0 Å². The number of benzene rings is 1. The quantitative estimate of drug-likeness (QED) is 0.651. The molecule has 0 saturated heterocycles. The molecule has 1 atom stereocenters. The highest BCUT2D eigenvalue weighted by Gasteiger charge is 2.08. The third kappa shape index (κ3) is 2.10. The summed E-state index contributed by atoms with van der Waals surface area (Å²) in [6, 6.07) is 5.07. The second-order valence-electron chi connectivity index (χ2n) is 3.17. The Kier molecular flexibility index (Phi) is 3.22. The molecule has 4 nitrogen and oxygen atoms in total. The van der Waals surface area contributed by atoms with Gasteiger partial charge in [-0.05, 0) is 18.6 Å². The molecule has 0 bridgehead atoms. The van der Waals surface area contributed by atoms with Crippen LogP contribution < -0.4 is 10.4 Å². The number of carbonyl (C=O) groups excluding carboxylic acids is 1. The van der Waals surface area contributed by atoms with Crippen molar-refractivity contribution >= 4 is 11.6 Å². The van der Waals surface area contributed by atoms with Crippen LogP contribution >= 0.6 is 0 Å². The average molecular weight is 194 g/mol. The Balaban J connectivity index is 3.07. The first-order valence-corrected chi connectivity index (χ1v) is 4.40. The van der Waals surface area contributed by atoms with E-state index >= 15 is 0 Å². The molecule has 0 spiro atoms. The van der Waals surface area contributed by atoms with Crippen LogP contribution in [0.2, 0.25) is 0 Å². The van der Waals surface area contributed by atoms with Crippen LogP contribution in [0.1, 0.15) is 15.9 Å². The minimum Gasteiger partial charge on any atom is -0.629 e. The maximum Gasteiger partial charge on any atom is 0.251 e. The van der Waals surface area contributed by atoms with Gasteiger partial charge in [-0.25, -0.2) is 0 Å². The van der Waals surface area contributed by atoms with Crippen molar-refractivity contribution in [1.82, 2.24) is 5.32 Å². The predicted octanol–water partition coefficient (Wildman–Crippen LogP) is -0.00138. The normalized spacial score (nSPS) is 12.3. The van der Waals surface area contributed by atoms with Crippen molar-refractivity contribution in [2.24, 2.45) is 0 Å². The molecule has 0 fully saturated rings. The number of aryl methyl sites for hydroxylation is 1. The maximum absolute atomic E-state index is 11.3. The van der Waals surface area contributed by atoms with E-state index in [4.69, 9.17) is 0 Å². The van der Waals surface area contributed by atoms with E-state index in [0.29, 0.717) is 11.3 Å². The molecular weight excluding hydrogens is 180 g/mol. The summed E-state index contributed by atoms with van der Waals surface area (Å²) in [5.74, 6) is -0.127. The van der Waals surface area contributed by atoms with Crippen LogP contribution in [0.4, 0.5) is 5.69 Å². The highest BCUT2D eigenvalue weighted by atomic mass is 16.5. The lowest BCUT2D eigenvalue weighted by molar-refractivity contribution is -0.751. The van der Waals surface area contributed by atoms with Gasteiger partial charge in [0.05, 0.1) is 7.05 Å². The van der Waals surface area contributed by atoms with Crippen LogP contribution in [0.3, 0.4) is 0 Å². The monoisotopic (exact) mass is 194 g/mol.